The Balaban J connectivity index is 1.84. The van der Waals surface area contributed by atoms with Gasteiger partial charge in [-0.3, -0.25) is 0 Å². The van der Waals surface area contributed by atoms with E-state index in [1.165, 1.54) is 29.7 Å². The molecule has 1 aromatic carbocycles. The summed E-state index contributed by atoms with van der Waals surface area (Å²) < 4.78 is 0. The van der Waals surface area contributed by atoms with Gasteiger partial charge in [0.05, 0.1) is 17.4 Å². The Bertz CT molecular complexity index is 562. The molecule has 0 radical (unpaired) electrons. The highest BCUT2D eigenvalue weighted by atomic mass is 32.1. The third kappa shape index (κ3) is 2.04. The van der Waals surface area contributed by atoms with Crippen molar-refractivity contribution in [2.45, 2.75) is 25.3 Å². The van der Waals surface area contributed by atoms with Crippen LogP contribution in [0.3, 0.4) is 0 Å². The van der Waals surface area contributed by atoms with E-state index in [1.807, 2.05) is 29.5 Å². The van der Waals surface area contributed by atoms with Crippen LogP contribution in [-0.2, 0) is 6.42 Å². The Morgan fingerprint density at radius 2 is 2.06 bits per heavy atom. The van der Waals surface area contributed by atoms with E-state index < -0.39 is 0 Å². The van der Waals surface area contributed by atoms with Crippen molar-refractivity contribution in [3.05, 3.63) is 40.1 Å². The lowest BCUT2D eigenvalue weighted by molar-refractivity contribution is 0.609. The van der Waals surface area contributed by atoms with Gasteiger partial charge in [-0.1, -0.05) is 0 Å². The molecule has 1 atom stereocenters. The topological polar surface area (TPSA) is 64.1 Å². The van der Waals surface area contributed by atoms with Crippen molar-refractivity contribution in [2.24, 2.45) is 0 Å². The zero-order valence-corrected chi connectivity index (χ0v) is 11.0. The number of fused-ring (bicyclic) bond motifs is 1. The van der Waals surface area contributed by atoms with Gasteiger partial charge in [-0.2, -0.15) is 0 Å². The first kappa shape index (κ1) is 11.4. The molecule has 1 heterocycles. The third-order valence-corrected chi connectivity index (χ3v) is 4.48. The van der Waals surface area contributed by atoms with Crippen LogP contribution in [0.15, 0.2) is 29.6 Å². The van der Waals surface area contributed by atoms with Crippen molar-refractivity contribution in [1.29, 1.82) is 0 Å². The quantitative estimate of drug-likeness (QED) is 0.724. The molecule has 1 unspecified atom stereocenters. The Morgan fingerprint density at radius 3 is 2.89 bits per heavy atom. The van der Waals surface area contributed by atoms with E-state index in [4.69, 9.17) is 11.5 Å². The SMILES string of the molecule is Nc1ccc(NC2CCCc3sccc32)cc1N. The largest absolute Gasteiger partial charge is 0.397 e. The zero-order chi connectivity index (χ0) is 12.5. The van der Waals surface area contributed by atoms with Gasteiger partial charge in [-0.15, -0.1) is 11.3 Å². The predicted molar refractivity (Wildman–Crippen MR) is 78.9 cm³/mol. The van der Waals surface area contributed by atoms with Crippen LogP contribution >= 0.6 is 11.3 Å². The molecule has 0 spiro atoms. The standard InChI is InChI=1S/C14H17N3S/c15-11-5-4-9(8-12(11)16)17-13-2-1-3-14-10(13)6-7-18-14/h4-8,13,17H,1-3,15-16H2. The van der Waals surface area contributed by atoms with Crippen molar-refractivity contribution >= 4 is 28.4 Å². The van der Waals surface area contributed by atoms with Gasteiger partial charge in [0.1, 0.15) is 0 Å². The van der Waals surface area contributed by atoms with Gasteiger partial charge < -0.3 is 16.8 Å². The minimum Gasteiger partial charge on any atom is -0.397 e. The number of aryl methyl sites for hydroxylation is 1. The zero-order valence-electron chi connectivity index (χ0n) is 10.1. The van der Waals surface area contributed by atoms with Gasteiger partial charge in [0, 0.05) is 10.6 Å². The summed E-state index contributed by atoms with van der Waals surface area (Å²) >= 11 is 1.86. The van der Waals surface area contributed by atoms with Crippen molar-refractivity contribution < 1.29 is 0 Å². The molecule has 1 aliphatic rings. The van der Waals surface area contributed by atoms with E-state index in [-0.39, 0.29) is 0 Å². The highest BCUT2D eigenvalue weighted by Crippen LogP contribution is 2.36. The van der Waals surface area contributed by atoms with Crippen molar-refractivity contribution in [1.82, 2.24) is 0 Å². The Labute approximate surface area is 111 Å². The van der Waals surface area contributed by atoms with E-state index in [0.29, 0.717) is 17.4 Å². The fourth-order valence-corrected chi connectivity index (χ4v) is 3.49. The Hall–Kier alpha value is -1.68. The summed E-state index contributed by atoms with van der Waals surface area (Å²) in [7, 11) is 0. The highest BCUT2D eigenvalue weighted by Gasteiger charge is 2.20. The molecule has 3 rings (SSSR count). The molecule has 3 nitrogen and oxygen atoms in total. The number of anilines is 3. The second-order valence-corrected chi connectivity index (χ2v) is 5.73. The fraction of sp³-hybridized carbons (Fsp3) is 0.286. The van der Waals surface area contributed by atoms with E-state index in [2.05, 4.69) is 16.8 Å². The molecule has 94 valence electrons. The molecule has 1 aliphatic carbocycles. The lowest BCUT2D eigenvalue weighted by Gasteiger charge is -2.25. The molecule has 0 bridgehead atoms. The van der Waals surface area contributed by atoms with Crippen LogP contribution in [-0.4, -0.2) is 0 Å². The first-order valence-corrected chi connectivity index (χ1v) is 7.10. The normalized spacial score (nSPS) is 18.3. The Morgan fingerprint density at radius 1 is 1.17 bits per heavy atom. The number of rotatable bonds is 2. The van der Waals surface area contributed by atoms with Crippen LogP contribution in [0.2, 0.25) is 0 Å². The van der Waals surface area contributed by atoms with Crippen LogP contribution in [0, 0.1) is 0 Å². The van der Waals surface area contributed by atoms with Gasteiger partial charge >= 0.3 is 0 Å². The van der Waals surface area contributed by atoms with Gasteiger partial charge in [0.15, 0.2) is 0 Å². The summed E-state index contributed by atoms with van der Waals surface area (Å²) in [5, 5.41) is 5.74. The molecule has 1 aromatic heterocycles. The van der Waals surface area contributed by atoms with Gasteiger partial charge in [0.2, 0.25) is 0 Å². The number of nitrogens with two attached hydrogens (primary N) is 2. The summed E-state index contributed by atoms with van der Waals surface area (Å²) in [5.74, 6) is 0. The minimum absolute atomic E-state index is 0.406. The van der Waals surface area contributed by atoms with E-state index in [1.54, 1.807) is 0 Å². The predicted octanol–water partition coefficient (Wildman–Crippen LogP) is 3.40. The smallest absolute Gasteiger partial charge is 0.0568 e. The summed E-state index contributed by atoms with van der Waals surface area (Å²) in [6.07, 6.45) is 3.64. The summed E-state index contributed by atoms with van der Waals surface area (Å²) in [6, 6.07) is 8.40. The van der Waals surface area contributed by atoms with E-state index in [0.717, 1.165) is 5.69 Å². The summed E-state index contributed by atoms with van der Waals surface area (Å²) in [5.41, 5.74) is 15.3. The molecule has 5 N–H and O–H groups in total. The molecule has 4 heteroatoms. The first-order valence-electron chi connectivity index (χ1n) is 6.22. The van der Waals surface area contributed by atoms with Crippen molar-refractivity contribution in [2.75, 3.05) is 16.8 Å². The lowest BCUT2D eigenvalue weighted by Crippen LogP contribution is -2.15. The maximum atomic E-state index is 5.84. The van der Waals surface area contributed by atoms with Crippen LogP contribution in [0.25, 0.3) is 0 Å². The molecular weight excluding hydrogens is 242 g/mol. The molecule has 0 saturated carbocycles. The van der Waals surface area contributed by atoms with Gasteiger partial charge in [-0.05, 0) is 54.5 Å². The molecular formula is C14H17N3S. The second-order valence-electron chi connectivity index (χ2n) is 4.73. The Kier molecular flexibility index (Phi) is 2.88. The molecule has 0 aliphatic heterocycles. The van der Waals surface area contributed by atoms with Crippen molar-refractivity contribution in [3.63, 3.8) is 0 Å². The molecule has 0 amide bonds. The number of hydrogen-bond acceptors (Lipinski definition) is 4. The molecule has 0 saturated heterocycles. The summed E-state index contributed by atoms with van der Waals surface area (Å²) in [4.78, 5) is 1.52. The lowest BCUT2D eigenvalue weighted by atomic mass is 9.94. The number of benzene rings is 1. The number of nitrogen functional groups attached to an aromatic ring is 2. The maximum Gasteiger partial charge on any atom is 0.0568 e. The number of nitrogens with one attached hydrogen (secondary N) is 1. The maximum absolute atomic E-state index is 5.84. The highest BCUT2D eigenvalue weighted by molar-refractivity contribution is 7.10. The molecule has 0 fully saturated rings. The van der Waals surface area contributed by atoms with E-state index >= 15 is 0 Å². The van der Waals surface area contributed by atoms with Crippen LogP contribution in [0.1, 0.15) is 29.3 Å². The first-order chi connectivity index (χ1) is 8.74. The van der Waals surface area contributed by atoms with Crippen molar-refractivity contribution in [3.8, 4) is 0 Å². The van der Waals surface area contributed by atoms with Gasteiger partial charge in [0.25, 0.3) is 0 Å². The minimum atomic E-state index is 0.406. The molecule has 2 aromatic rings. The van der Waals surface area contributed by atoms with Crippen LogP contribution < -0.4 is 16.8 Å². The van der Waals surface area contributed by atoms with Crippen LogP contribution in [0.4, 0.5) is 17.1 Å². The fourth-order valence-electron chi connectivity index (χ4n) is 2.50. The van der Waals surface area contributed by atoms with E-state index in [9.17, 15) is 0 Å². The number of hydrogen-bond donors (Lipinski definition) is 3. The average molecular weight is 259 g/mol. The molecule has 18 heavy (non-hydrogen) atoms. The second kappa shape index (κ2) is 4.53. The monoisotopic (exact) mass is 259 g/mol. The third-order valence-electron chi connectivity index (χ3n) is 3.48. The van der Waals surface area contributed by atoms with Gasteiger partial charge in [-0.25, -0.2) is 0 Å². The summed E-state index contributed by atoms with van der Waals surface area (Å²) in [6.45, 7) is 0. The number of thiophene rings is 1. The van der Waals surface area contributed by atoms with Crippen LogP contribution in [0.5, 0.6) is 0 Å². The average Bonchev–Trinajstić information content (AvgIpc) is 2.83.